The highest BCUT2D eigenvalue weighted by atomic mass is 35.5. The van der Waals surface area contributed by atoms with Crippen LogP contribution in [0.15, 0.2) is 59.7 Å². The molecule has 1 N–H and O–H groups in total. The minimum Gasteiger partial charge on any atom is -0.310 e. The number of hydrogen-bond acceptors (Lipinski definition) is 4. The van der Waals surface area contributed by atoms with E-state index in [1.807, 2.05) is 37.4 Å². The average Bonchev–Trinajstić information content (AvgIpc) is 3.03. The van der Waals surface area contributed by atoms with Crippen molar-refractivity contribution in [2.75, 3.05) is 18.4 Å². The molecule has 0 unspecified atom stereocenters. The van der Waals surface area contributed by atoms with Crippen LogP contribution >= 0.6 is 11.6 Å². The number of halogens is 1. The largest absolute Gasteiger partial charge is 0.334 e. The van der Waals surface area contributed by atoms with Crippen LogP contribution < -0.4 is 11.0 Å². The normalized spacial score (nSPS) is 15.3. The predicted octanol–water partition coefficient (Wildman–Crippen LogP) is 3.30. The molecular weight excluding hydrogens is 402 g/mol. The first-order valence-corrected chi connectivity index (χ1v) is 10.4. The molecule has 8 heteroatoms. The summed E-state index contributed by atoms with van der Waals surface area (Å²) in [5.74, 6) is 0.547. The molecular formula is C22H24ClN5O2. The summed E-state index contributed by atoms with van der Waals surface area (Å²) >= 11 is 5.96. The molecule has 7 nitrogen and oxygen atoms in total. The van der Waals surface area contributed by atoms with E-state index in [9.17, 15) is 9.59 Å². The van der Waals surface area contributed by atoms with E-state index in [0.29, 0.717) is 17.5 Å². The first-order valence-electron chi connectivity index (χ1n) is 10.0. The number of anilines is 1. The molecule has 1 amide bonds. The Morgan fingerprint density at radius 1 is 1.17 bits per heavy atom. The lowest BCUT2D eigenvalue weighted by molar-refractivity contribution is -0.121. The zero-order chi connectivity index (χ0) is 21.1. The molecule has 0 aliphatic carbocycles. The third kappa shape index (κ3) is 4.47. The molecule has 0 atom stereocenters. The third-order valence-electron chi connectivity index (χ3n) is 5.44. The van der Waals surface area contributed by atoms with Crippen molar-refractivity contribution < 1.29 is 4.79 Å². The molecule has 156 valence electrons. The smallest absolute Gasteiger partial charge is 0.310 e. The number of aryl methyl sites for hydroxylation is 1. The molecule has 30 heavy (non-hydrogen) atoms. The van der Waals surface area contributed by atoms with Gasteiger partial charge in [-0.15, -0.1) is 0 Å². The van der Waals surface area contributed by atoms with Gasteiger partial charge in [-0.3, -0.25) is 18.8 Å². The molecule has 3 heterocycles. The Balaban J connectivity index is 1.37. The van der Waals surface area contributed by atoms with E-state index in [-0.39, 0.29) is 17.5 Å². The van der Waals surface area contributed by atoms with Gasteiger partial charge in [-0.05, 0) is 56.2 Å². The zero-order valence-corrected chi connectivity index (χ0v) is 17.5. The van der Waals surface area contributed by atoms with Gasteiger partial charge in [-0.2, -0.15) is 0 Å². The van der Waals surface area contributed by atoms with Gasteiger partial charge in [0.15, 0.2) is 0 Å². The van der Waals surface area contributed by atoms with Crippen LogP contribution in [0.2, 0.25) is 5.02 Å². The van der Waals surface area contributed by atoms with Gasteiger partial charge in [0.1, 0.15) is 5.82 Å². The van der Waals surface area contributed by atoms with E-state index >= 15 is 0 Å². The number of likely N-dealkylation sites (tertiary alicyclic amines) is 1. The van der Waals surface area contributed by atoms with Crippen LogP contribution in [0, 0.1) is 12.8 Å². The Morgan fingerprint density at radius 2 is 1.90 bits per heavy atom. The molecule has 2 aromatic heterocycles. The summed E-state index contributed by atoms with van der Waals surface area (Å²) in [4.78, 5) is 31.7. The van der Waals surface area contributed by atoms with Gasteiger partial charge in [-0.1, -0.05) is 17.7 Å². The minimum atomic E-state index is -0.0789. The molecule has 1 aliphatic rings. The van der Waals surface area contributed by atoms with Crippen molar-refractivity contribution in [3.8, 4) is 5.69 Å². The van der Waals surface area contributed by atoms with Crippen molar-refractivity contribution >= 4 is 23.3 Å². The SMILES string of the molecule is Cc1cn(CN2CCC(C(=O)Nc3ccccn3)CC2)c(=O)n1-c1ccc(Cl)cc1. The third-order valence-corrected chi connectivity index (χ3v) is 5.70. The van der Waals surface area contributed by atoms with E-state index in [4.69, 9.17) is 11.6 Å². The second-order valence-electron chi connectivity index (χ2n) is 7.57. The van der Waals surface area contributed by atoms with Gasteiger partial charge in [0.2, 0.25) is 5.91 Å². The predicted molar refractivity (Wildman–Crippen MR) is 117 cm³/mol. The number of rotatable bonds is 5. The lowest BCUT2D eigenvalue weighted by Gasteiger charge is -2.31. The Kier molecular flexibility index (Phi) is 6.01. The summed E-state index contributed by atoms with van der Waals surface area (Å²) in [6.07, 6.45) is 5.04. The molecule has 1 aromatic carbocycles. The number of carbonyl (C=O) groups is 1. The second-order valence-corrected chi connectivity index (χ2v) is 8.01. The summed E-state index contributed by atoms with van der Waals surface area (Å²) < 4.78 is 3.40. The molecule has 4 rings (SSSR count). The zero-order valence-electron chi connectivity index (χ0n) is 16.8. The molecule has 0 bridgehead atoms. The number of benzene rings is 1. The van der Waals surface area contributed by atoms with Crippen LogP contribution in [0.4, 0.5) is 5.82 Å². The molecule has 0 saturated carbocycles. The molecule has 1 fully saturated rings. The topological polar surface area (TPSA) is 72.2 Å². The van der Waals surface area contributed by atoms with Gasteiger partial charge in [0, 0.05) is 42.1 Å². The fourth-order valence-corrected chi connectivity index (χ4v) is 3.97. The maximum absolute atomic E-state index is 12.9. The number of nitrogens with zero attached hydrogens (tertiary/aromatic N) is 4. The Hall–Kier alpha value is -2.90. The fourth-order valence-electron chi connectivity index (χ4n) is 3.84. The Bertz CT molecular complexity index is 1070. The summed E-state index contributed by atoms with van der Waals surface area (Å²) in [7, 11) is 0. The molecule has 0 radical (unpaired) electrons. The second kappa shape index (κ2) is 8.85. The van der Waals surface area contributed by atoms with Crippen molar-refractivity contribution in [1.29, 1.82) is 0 Å². The Morgan fingerprint density at radius 3 is 2.57 bits per heavy atom. The number of aromatic nitrogens is 3. The number of imidazole rings is 1. The number of amides is 1. The van der Waals surface area contributed by atoms with Crippen LogP contribution in [0.1, 0.15) is 18.5 Å². The number of piperidine rings is 1. The van der Waals surface area contributed by atoms with E-state index in [0.717, 1.165) is 37.3 Å². The summed E-state index contributed by atoms with van der Waals surface area (Å²) in [5, 5.41) is 3.52. The maximum Gasteiger partial charge on any atom is 0.334 e. The van der Waals surface area contributed by atoms with E-state index in [2.05, 4.69) is 15.2 Å². The van der Waals surface area contributed by atoms with Gasteiger partial charge in [-0.25, -0.2) is 9.78 Å². The van der Waals surface area contributed by atoms with Gasteiger partial charge in [0.05, 0.1) is 12.4 Å². The monoisotopic (exact) mass is 425 g/mol. The average molecular weight is 426 g/mol. The number of hydrogen-bond donors (Lipinski definition) is 1. The van der Waals surface area contributed by atoms with Crippen LogP contribution in [-0.2, 0) is 11.5 Å². The number of carbonyl (C=O) groups excluding carboxylic acids is 1. The molecule has 3 aromatic rings. The van der Waals surface area contributed by atoms with Crippen molar-refractivity contribution in [3.05, 3.63) is 76.1 Å². The van der Waals surface area contributed by atoms with Crippen LogP contribution in [0.25, 0.3) is 5.69 Å². The molecule has 0 spiro atoms. The van der Waals surface area contributed by atoms with Gasteiger partial charge in [0.25, 0.3) is 0 Å². The van der Waals surface area contributed by atoms with E-state index in [1.54, 1.807) is 33.5 Å². The van der Waals surface area contributed by atoms with Gasteiger partial charge >= 0.3 is 5.69 Å². The van der Waals surface area contributed by atoms with Gasteiger partial charge < -0.3 is 5.32 Å². The first-order chi connectivity index (χ1) is 14.5. The van der Waals surface area contributed by atoms with Crippen LogP contribution in [0.3, 0.4) is 0 Å². The number of pyridine rings is 1. The summed E-state index contributed by atoms with van der Waals surface area (Å²) in [5.41, 5.74) is 1.59. The summed E-state index contributed by atoms with van der Waals surface area (Å²) in [6.45, 7) is 3.95. The first kappa shape index (κ1) is 20.4. The highest BCUT2D eigenvalue weighted by Crippen LogP contribution is 2.20. The maximum atomic E-state index is 12.9. The Labute approximate surface area is 179 Å². The van der Waals surface area contributed by atoms with Crippen molar-refractivity contribution in [3.63, 3.8) is 0 Å². The fraction of sp³-hybridized carbons (Fsp3) is 0.318. The standard InChI is InChI=1S/C22H24ClN5O2/c1-16-14-27(22(30)28(16)19-7-5-18(23)6-8-19)15-26-12-9-17(10-13-26)21(29)25-20-4-2-3-11-24-20/h2-8,11,14,17H,9-10,12-13,15H2,1H3,(H,24,25,29). The molecule has 1 saturated heterocycles. The van der Waals surface area contributed by atoms with Crippen molar-refractivity contribution in [2.24, 2.45) is 5.92 Å². The lowest BCUT2D eigenvalue weighted by Crippen LogP contribution is -2.40. The number of nitrogens with one attached hydrogen (secondary N) is 1. The van der Waals surface area contributed by atoms with Crippen molar-refractivity contribution in [2.45, 2.75) is 26.4 Å². The van der Waals surface area contributed by atoms with E-state index < -0.39 is 0 Å². The quantitative estimate of drug-likeness (QED) is 0.680. The minimum absolute atomic E-state index is 0.00949. The highest BCUT2D eigenvalue weighted by Gasteiger charge is 2.26. The van der Waals surface area contributed by atoms with Crippen LogP contribution in [0.5, 0.6) is 0 Å². The lowest BCUT2D eigenvalue weighted by atomic mass is 9.96. The van der Waals surface area contributed by atoms with Crippen LogP contribution in [-0.4, -0.2) is 38.0 Å². The highest BCUT2D eigenvalue weighted by molar-refractivity contribution is 6.30. The van der Waals surface area contributed by atoms with E-state index in [1.165, 1.54) is 0 Å². The molecule has 1 aliphatic heterocycles. The van der Waals surface area contributed by atoms with Crippen molar-refractivity contribution in [1.82, 2.24) is 19.0 Å². The summed E-state index contributed by atoms with van der Waals surface area (Å²) in [6, 6.07) is 12.7.